The van der Waals surface area contributed by atoms with Crippen LogP contribution in [0.15, 0.2) is 30.3 Å². The maximum absolute atomic E-state index is 11.1. The molecule has 19 heavy (non-hydrogen) atoms. The van der Waals surface area contributed by atoms with Crippen LogP contribution in [-0.4, -0.2) is 28.1 Å². The molecule has 4 heteroatoms. The molecule has 0 aromatic heterocycles. The van der Waals surface area contributed by atoms with Gasteiger partial charge in [0.05, 0.1) is 5.92 Å². The normalized spacial score (nSPS) is 29.8. The number of nitrogens with zero attached hydrogens (tertiary/aromatic N) is 1. The summed E-state index contributed by atoms with van der Waals surface area (Å²) in [7, 11) is 0. The van der Waals surface area contributed by atoms with Crippen LogP contribution in [0.5, 0.6) is 0 Å². The number of benzene rings is 1. The molecule has 2 fully saturated rings. The lowest BCUT2D eigenvalue weighted by Gasteiger charge is -2.37. The molecule has 2 heterocycles. The fourth-order valence-corrected chi connectivity index (χ4v) is 3.53. The number of carbonyl (C=O) groups is 1. The predicted octanol–water partition coefficient (Wildman–Crippen LogP) is 2.94. The quantitative estimate of drug-likeness (QED) is 0.926. The molecule has 104 valence electrons. The van der Waals surface area contributed by atoms with Crippen LogP contribution in [0.1, 0.15) is 31.2 Å². The van der Waals surface area contributed by atoms with Crippen molar-refractivity contribution in [2.24, 2.45) is 5.92 Å². The first-order valence-electron chi connectivity index (χ1n) is 6.76. The molecular formula is C15H20ClNO2. The van der Waals surface area contributed by atoms with Crippen molar-refractivity contribution in [1.29, 1.82) is 0 Å². The Labute approximate surface area is 120 Å². The number of carboxylic acid groups (broad SMARTS) is 1. The first kappa shape index (κ1) is 14.4. The summed E-state index contributed by atoms with van der Waals surface area (Å²) >= 11 is 0. The lowest BCUT2D eigenvalue weighted by atomic mass is 9.90. The highest BCUT2D eigenvalue weighted by Crippen LogP contribution is 2.39. The van der Waals surface area contributed by atoms with Crippen molar-refractivity contribution in [2.75, 3.05) is 0 Å². The zero-order chi connectivity index (χ0) is 12.5. The first-order chi connectivity index (χ1) is 8.74. The molecule has 2 bridgehead atoms. The Morgan fingerprint density at radius 1 is 1.16 bits per heavy atom. The van der Waals surface area contributed by atoms with Crippen molar-refractivity contribution < 1.29 is 9.90 Å². The van der Waals surface area contributed by atoms with Crippen molar-refractivity contribution in [2.45, 2.75) is 44.3 Å². The van der Waals surface area contributed by atoms with E-state index < -0.39 is 5.97 Å². The van der Waals surface area contributed by atoms with Gasteiger partial charge in [0, 0.05) is 18.6 Å². The third kappa shape index (κ3) is 2.93. The summed E-state index contributed by atoms with van der Waals surface area (Å²) in [6, 6.07) is 11.4. The van der Waals surface area contributed by atoms with Gasteiger partial charge in [-0.3, -0.25) is 9.69 Å². The van der Waals surface area contributed by atoms with Crippen molar-refractivity contribution in [3.05, 3.63) is 35.9 Å². The smallest absolute Gasteiger partial charge is 0.306 e. The molecule has 0 saturated carbocycles. The first-order valence-corrected chi connectivity index (χ1v) is 6.76. The maximum atomic E-state index is 11.1. The zero-order valence-corrected chi connectivity index (χ0v) is 11.7. The van der Waals surface area contributed by atoms with E-state index in [0.29, 0.717) is 12.1 Å². The summed E-state index contributed by atoms with van der Waals surface area (Å²) < 4.78 is 0. The van der Waals surface area contributed by atoms with Crippen LogP contribution in [0.2, 0.25) is 0 Å². The summed E-state index contributed by atoms with van der Waals surface area (Å²) in [6.07, 6.45) is 4.00. The number of fused-ring (bicyclic) bond motifs is 2. The summed E-state index contributed by atoms with van der Waals surface area (Å²) in [5.41, 5.74) is 1.34. The molecule has 0 spiro atoms. The number of aliphatic carboxylic acids is 1. The summed E-state index contributed by atoms with van der Waals surface area (Å²) in [4.78, 5) is 13.6. The van der Waals surface area contributed by atoms with Crippen LogP contribution >= 0.6 is 12.4 Å². The Hall–Kier alpha value is -1.06. The topological polar surface area (TPSA) is 40.5 Å². The summed E-state index contributed by atoms with van der Waals surface area (Å²) in [5.74, 6) is -0.721. The zero-order valence-electron chi connectivity index (χ0n) is 10.9. The van der Waals surface area contributed by atoms with Gasteiger partial charge in [-0.15, -0.1) is 12.4 Å². The second kappa shape index (κ2) is 5.93. The highest BCUT2D eigenvalue weighted by atomic mass is 35.5. The van der Waals surface area contributed by atoms with E-state index in [2.05, 4.69) is 29.2 Å². The van der Waals surface area contributed by atoms with E-state index in [-0.39, 0.29) is 18.3 Å². The Bertz CT molecular complexity index is 423. The van der Waals surface area contributed by atoms with Crippen LogP contribution in [0.4, 0.5) is 0 Å². The molecule has 1 N–H and O–H groups in total. The minimum atomic E-state index is -0.605. The Morgan fingerprint density at radius 3 is 2.26 bits per heavy atom. The average Bonchev–Trinajstić information content (AvgIpc) is 2.62. The van der Waals surface area contributed by atoms with E-state index >= 15 is 0 Å². The number of hydrogen-bond donors (Lipinski definition) is 1. The third-order valence-electron chi connectivity index (χ3n) is 4.44. The molecule has 3 nitrogen and oxygen atoms in total. The van der Waals surface area contributed by atoms with Crippen molar-refractivity contribution in [3.8, 4) is 0 Å². The molecule has 0 radical (unpaired) electrons. The summed E-state index contributed by atoms with van der Waals surface area (Å²) in [6.45, 7) is 0.975. The van der Waals surface area contributed by atoms with Gasteiger partial charge in [-0.25, -0.2) is 0 Å². The van der Waals surface area contributed by atoms with Gasteiger partial charge in [0.2, 0.25) is 0 Å². The highest BCUT2D eigenvalue weighted by Gasteiger charge is 2.42. The molecule has 2 unspecified atom stereocenters. The molecular weight excluding hydrogens is 262 g/mol. The lowest BCUT2D eigenvalue weighted by molar-refractivity contribution is -0.144. The van der Waals surface area contributed by atoms with Gasteiger partial charge >= 0.3 is 5.97 Å². The number of rotatable bonds is 3. The van der Waals surface area contributed by atoms with E-state index in [1.165, 1.54) is 18.4 Å². The van der Waals surface area contributed by atoms with E-state index in [4.69, 9.17) is 5.11 Å². The van der Waals surface area contributed by atoms with Crippen molar-refractivity contribution >= 4 is 18.4 Å². The van der Waals surface area contributed by atoms with E-state index in [0.717, 1.165) is 19.4 Å². The van der Waals surface area contributed by atoms with Crippen molar-refractivity contribution in [1.82, 2.24) is 4.90 Å². The van der Waals surface area contributed by atoms with Crippen LogP contribution in [0.25, 0.3) is 0 Å². The predicted molar refractivity (Wildman–Crippen MR) is 76.4 cm³/mol. The molecule has 2 aliphatic heterocycles. The van der Waals surface area contributed by atoms with E-state index in [1.807, 2.05) is 6.07 Å². The van der Waals surface area contributed by atoms with Gasteiger partial charge in [-0.05, 0) is 31.2 Å². The Morgan fingerprint density at radius 2 is 1.74 bits per heavy atom. The lowest BCUT2D eigenvalue weighted by Crippen LogP contribution is -2.44. The minimum absolute atomic E-state index is 0. The molecule has 1 aromatic rings. The fraction of sp³-hybridized carbons (Fsp3) is 0.533. The molecule has 2 atom stereocenters. The molecule has 2 saturated heterocycles. The SMILES string of the molecule is Cl.O=C(O)C1CC2CCC(C1)N2Cc1ccccc1. The van der Waals surface area contributed by atoms with Crippen molar-refractivity contribution in [3.63, 3.8) is 0 Å². The molecule has 2 aliphatic rings. The van der Waals surface area contributed by atoms with Gasteiger partial charge in [-0.1, -0.05) is 30.3 Å². The van der Waals surface area contributed by atoms with E-state index in [9.17, 15) is 4.79 Å². The van der Waals surface area contributed by atoms with Gasteiger partial charge in [0.25, 0.3) is 0 Å². The summed E-state index contributed by atoms with van der Waals surface area (Å²) in [5, 5.41) is 9.16. The second-order valence-corrected chi connectivity index (χ2v) is 5.55. The van der Waals surface area contributed by atoms with Crippen LogP contribution in [0, 0.1) is 5.92 Å². The van der Waals surface area contributed by atoms with Crippen LogP contribution < -0.4 is 0 Å². The molecule has 3 rings (SSSR count). The van der Waals surface area contributed by atoms with Gasteiger partial charge in [-0.2, -0.15) is 0 Å². The highest BCUT2D eigenvalue weighted by molar-refractivity contribution is 5.85. The van der Waals surface area contributed by atoms with Gasteiger partial charge in [0.1, 0.15) is 0 Å². The maximum Gasteiger partial charge on any atom is 0.306 e. The minimum Gasteiger partial charge on any atom is -0.481 e. The monoisotopic (exact) mass is 281 g/mol. The fourth-order valence-electron chi connectivity index (χ4n) is 3.53. The van der Waals surface area contributed by atoms with Crippen LogP contribution in [-0.2, 0) is 11.3 Å². The average molecular weight is 282 g/mol. The van der Waals surface area contributed by atoms with E-state index in [1.54, 1.807) is 0 Å². The van der Waals surface area contributed by atoms with Gasteiger partial charge in [0.15, 0.2) is 0 Å². The number of halogens is 1. The standard InChI is InChI=1S/C15H19NO2.ClH/c17-15(18)12-8-13-6-7-14(9-12)16(13)10-11-4-2-1-3-5-11;/h1-5,12-14H,6-10H2,(H,17,18);1H. The number of carboxylic acids is 1. The molecule has 0 amide bonds. The van der Waals surface area contributed by atoms with Gasteiger partial charge < -0.3 is 5.11 Å². The Balaban J connectivity index is 0.00000133. The Kier molecular flexibility index (Phi) is 4.48. The third-order valence-corrected chi connectivity index (χ3v) is 4.44. The second-order valence-electron chi connectivity index (χ2n) is 5.55. The largest absolute Gasteiger partial charge is 0.481 e. The molecule has 1 aromatic carbocycles. The number of hydrogen-bond acceptors (Lipinski definition) is 2. The molecule has 0 aliphatic carbocycles. The van der Waals surface area contributed by atoms with Crippen LogP contribution in [0.3, 0.4) is 0 Å². The number of piperidine rings is 1.